The fraction of sp³-hybridized carbons (Fsp3) is 0.533. The monoisotopic (exact) mass is 247 g/mol. The van der Waals surface area contributed by atoms with Crippen molar-refractivity contribution in [2.75, 3.05) is 13.7 Å². The van der Waals surface area contributed by atoms with Crippen LogP contribution in [-0.4, -0.2) is 31.6 Å². The van der Waals surface area contributed by atoms with Crippen LogP contribution >= 0.6 is 0 Å². The van der Waals surface area contributed by atoms with Gasteiger partial charge in [-0.25, -0.2) is 0 Å². The third kappa shape index (κ3) is 3.65. The summed E-state index contributed by atoms with van der Waals surface area (Å²) >= 11 is 0. The van der Waals surface area contributed by atoms with Crippen LogP contribution < -0.4 is 5.32 Å². The first-order valence-corrected chi connectivity index (χ1v) is 6.62. The van der Waals surface area contributed by atoms with E-state index in [0.717, 1.165) is 25.8 Å². The highest BCUT2D eigenvalue weighted by Gasteiger charge is 2.28. The highest BCUT2D eigenvalue weighted by Crippen LogP contribution is 2.13. The first kappa shape index (κ1) is 13.2. The van der Waals surface area contributed by atoms with E-state index in [9.17, 15) is 4.79 Å². The normalized spacial score (nSPS) is 23.2. The van der Waals surface area contributed by atoms with Crippen LogP contribution in [0, 0.1) is 0 Å². The molecule has 0 aromatic heterocycles. The van der Waals surface area contributed by atoms with Crippen molar-refractivity contribution in [3.05, 3.63) is 35.9 Å². The first-order chi connectivity index (χ1) is 8.79. The minimum Gasteiger partial charge on any atom is -0.380 e. The molecule has 1 aromatic rings. The Hall–Kier alpha value is -1.19. The number of carbonyl (C=O) groups excluding carboxylic acids is 1. The van der Waals surface area contributed by atoms with Gasteiger partial charge in [0.1, 0.15) is 5.78 Å². The van der Waals surface area contributed by atoms with Crippen molar-refractivity contribution in [3.8, 4) is 0 Å². The molecule has 1 saturated heterocycles. The molecule has 2 atom stereocenters. The van der Waals surface area contributed by atoms with Gasteiger partial charge >= 0.3 is 0 Å². The van der Waals surface area contributed by atoms with Crippen LogP contribution in [0.25, 0.3) is 0 Å². The fourth-order valence-electron chi connectivity index (χ4n) is 2.41. The van der Waals surface area contributed by atoms with E-state index in [1.54, 1.807) is 7.11 Å². The maximum Gasteiger partial charge on any atom is 0.149 e. The van der Waals surface area contributed by atoms with Gasteiger partial charge in [0.15, 0.2) is 0 Å². The number of Topliss-reactive ketones (excluding diaryl/α,β-unsaturated/α-hetero) is 1. The molecule has 98 valence electrons. The summed E-state index contributed by atoms with van der Waals surface area (Å²) in [5.41, 5.74) is 1.31. The molecule has 0 radical (unpaired) electrons. The van der Waals surface area contributed by atoms with Gasteiger partial charge in [-0.1, -0.05) is 30.3 Å². The number of rotatable bonds is 6. The number of methoxy groups -OCH3 is 1. The molecule has 1 N–H and O–H groups in total. The SMILES string of the molecule is COC1CNC(C(=O)CCCc2ccccc2)C1. The number of ether oxygens (including phenoxy) is 1. The molecule has 3 nitrogen and oxygen atoms in total. The van der Waals surface area contributed by atoms with Gasteiger partial charge in [-0.05, 0) is 24.8 Å². The Morgan fingerprint density at radius 3 is 2.83 bits per heavy atom. The van der Waals surface area contributed by atoms with Crippen LogP contribution in [0.5, 0.6) is 0 Å². The summed E-state index contributed by atoms with van der Waals surface area (Å²) in [6.45, 7) is 0.797. The van der Waals surface area contributed by atoms with Crippen LogP contribution in [-0.2, 0) is 16.0 Å². The lowest BCUT2D eigenvalue weighted by atomic mass is 10.0. The third-order valence-corrected chi connectivity index (χ3v) is 3.54. The molecule has 1 heterocycles. The maximum atomic E-state index is 12.0. The maximum absolute atomic E-state index is 12.0. The highest BCUT2D eigenvalue weighted by atomic mass is 16.5. The molecule has 1 aromatic carbocycles. The number of hydrogen-bond acceptors (Lipinski definition) is 3. The molecule has 1 fully saturated rings. The average molecular weight is 247 g/mol. The van der Waals surface area contributed by atoms with Crippen molar-refractivity contribution in [1.82, 2.24) is 5.32 Å². The quantitative estimate of drug-likeness (QED) is 0.835. The lowest BCUT2D eigenvalue weighted by Gasteiger charge is -2.09. The van der Waals surface area contributed by atoms with E-state index < -0.39 is 0 Å². The van der Waals surface area contributed by atoms with E-state index in [1.807, 2.05) is 18.2 Å². The number of benzene rings is 1. The topological polar surface area (TPSA) is 38.3 Å². The summed E-state index contributed by atoms with van der Waals surface area (Å²) in [4.78, 5) is 12.0. The molecule has 18 heavy (non-hydrogen) atoms. The Morgan fingerprint density at radius 1 is 1.39 bits per heavy atom. The van der Waals surface area contributed by atoms with E-state index in [2.05, 4.69) is 17.4 Å². The number of aryl methyl sites for hydroxylation is 1. The van der Waals surface area contributed by atoms with Gasteiger partial charge in [0.25, 0.3) is 0 Å². The number of carbonyl (C=O) groups is 1. The van der Waals surface area contributed by atoms with Crippen LogP contribution in [0.2, 0.25) is 0 Å². The van der Waals surface area contributed by atoms with Crippen molar-refractivity contribution in [1.29, 1.82) is 0 Å². The molecule has 0 spiro atoms. The van der Waals surface area contributed by atoms with Crippen molar-refractivity contribution in [3.63, 3.8) is 0 Å². The Morgan fingerprint density at radius 2 is 2.17 bits per heavy atom. The smallest absolute Gasteiger partial charge is 0.149 e. The van der Waals surface area contributed by atoms with Crippen LogP contribution in [0.1, 0.15) is 24.8 Å². The Bertz CT molecular complexity index is 377. The number of hydrogen-bond donors (Lipinski definition) is 1. The van der Waals surface area contributed by atoms with Gasteiger partial charge in [-0.2, -0.15) is 0 Å². The summed E-state index contributed by atoms with van der Waals surface area (Å²) in [6.07, 6.45) is 3.59. The van der Waals surface area contributed by atoms with Crippen LogP contribution in [0.3, 0.4) is 0 Å². The molecule has 0 bridgehead atoms. The summed E-state index contributed by atoms with van der Waals surface area (Å²) in [7, 11) is 1.70. The van der Waals surface area contributed by atoms with Crippen molar-refractivity contribution in [2.24, 2.45) is 0 Å². The van der Waals surface area contributed by atoms with Crippen molar-refractivity contribution < 1.29 is 9.53 Å². The zero-order valence-electron chi connectivity index (χ0n) is 10.9. The molecule has 3 heteroatoms. The van der Waals surface area contributed by atoms with Crippen molar-refractivity contribution in [2.45, 2.75) is 37.8 Å². The zero-order chi connectivity index (χ0) is 12.8. The minimum absolute atomic E-state index is 0.00530. The lowest BCUT2D eigenvalue weighted by Crippen LogP contribution is -2.30. The molecule has 0 aliphatic carbocycles. The van der Waals surface area contributed by atoms with E-state index in [4.69, 9.17) is 4.74 Å². The zero-order valence-corrected chi connectivity index (χ0v) is 10.9. The second-order valence-corrected chi connectivity index (χ2v) is 4.86. The lowest BCUT2D eigenvalue weighted by molar-refractivity contribution is -0.121. The second-order valence-electron chi connectivity index (χ2n) is 4.86. The number of nitrogens with one attached hydrogen (secondary N) is 1. The standard InChI is InChI=1S/C15H21NO2/c1-18-13-10-14(16-11-13)15(17)9-5-8-12-6-3-2-4-7-12/h2-4,6-7,13-14,16H,5,8-11H2,1H3. The molecule has 2 unspecified atom stereocenters. The van der Waals surface area contributed by atoms with Gasteiger partial charge in [-0.3, -0.25) is 4.79 Å². The van der Waals surface area contributed by atoms with E-state index in [1.165, 1.54) is 5.56 Å². The van der Waals surface area contributed by atoms with E-state index in [-0.39, 0.29) is 12.1 Å². The van der Waals surface area contributed by atoms with Gasteiger partial charge < -0.3 is 10.1 Å². The summed E-state index contributed by atoms with van der Waals surface area (Å²) in [5.74, 6) is 0.325. The summed E-state index contributed by atoms with van der Waals surface area (Å²) < 4.78 is 5.25. The van der Waals surface area contributed by atoms with Crippen LogP contribution in [0.4, 0.5) is 0 Å². The predicted octanol–water partition coefficient (Wildman–Crippen LogP) is 1.96. The Labute approximate surface area is 109 Å². The van der Waals surface area contributed by atoms with Gasteiger partial charge in [0.2, 0.25) is 0 Å². The van der Waals surface area contributed by atoms with Gasteiger partial charge in [0.05, 0.1) is 12.1 Å². The first-order valence-electron chi connectivity index (χ1n) is 6.62. The molecule has 1 aliphatic rings. The van der Waals surface area contributed by atoms with E-state index in [0.29, 0.717) is 12.2 Å². The average Bonchev–Trinajstić information content (AvgIpc) is 2.89. The molecule has 2 rings (SSSR count). The van der Waals surface area contributed by atoms with Crippen LogP contribution in [0.15, 0.2) is 30.3 Å². The molecular formula is C15H21NO2. The second kappa shape index (κ2) is 6.66. The molecule has 1 aliphatic heterocycles. The van der Waals surface area contributed by atoms with Gasteiger partial charge in [-0.15, -0.1) is 0 Å². The minimum atomic E-state index is 0.00530. The summed E-state index contributed by atoms with van der Waals surface area (Å²) in [6, 6.07) is 10.3. The fourth-order valence-corrected chi connectivity index (χ4v) is 2.41. The largest absolute Gasteiger partial charge is 0.380 e. The van der Waals surface area contributed by atoms with E-state index >= 15 is 0 Å². The Balaban J connectivity index is 1.69. The summed E-state index contributed by atoms with van der Waals surface area (Å²) in [5, 5.41) is 3.23. The Kier molecular flexibility index (Phi) is 4.90. The number of ketones is 1. The predicted molar refractivity (Wildman–Crippen MR) is 71.6 cm³/mol. The van der Waals surface area contributed by atoms with Gasteiger partial charge in [0, 0.05) is 20.1 Å². The molecular weight excluding hydrogens is 226 g/mol. The molecule has 0 amide bonds. The molecule has 0 saturated carbocycles. The highest BCUT2D eigenvalue weighted by molar-refractivity contribution is 5.84. The third-order valence-electron chi connectivity index (χ3n) is 3.54. The van der Waals surface area contributed by atoms with Crippen molar-refractivity contribution >= 4 is 5.78 Å².